The van der Waals surface area contributed by atoms with E-state index < -0.39 is 0 Å². The predicted molar refractivity (Wildman–Crippen MR) is 53.8 cm³/mol. The number of Topliss-reactive ketones (excluding diaryl/α,β-unsaturated/α-hetero) is 1. The normalized spacial score (nSPS) is 18.9. The first-order chi connectivity index (χ1) is 6.18. The van der Waals surface area contributed by atoms with Crippen LogP contribution in [0.3, 0.4) is 0 Å². The molecule has 0 radical (unpaired) electrons. The fourth-order valence-corrected chi connectivity index (χ4v) is 1.61. The summed E-state index contributed by atoms with van der Waals surface area (Å²) in [5.41, 5.74) is 0.939. The third-order valence-electron chi connectivity index (χ3n) is 2.15. The van der Waals surface area contributed by atoms with Crippen molar-refractivity contribution in [1.82, 2.24) is 5.01 Å². The summed E-state index contributed by atoms with van der Waals surface area (Å²) in [7, 11) is 0. The van der Waals surface area contributed by atoms with Crippen LogP contribution in [-0.4, -0.2) is 29.6 Å². The summed E-state index contributed by atoms with van der Waals surface area (Å²) in [5, 5.41) is 6.49. The molecule has 0 aromatic heterocycles. The van der Waals surface area contributed by atoms with E-state index in [0.29, 0.717) is 6.42 Å². The summed E-state index contributed by atoms with van der Waals surface area (Å²) in [6.45, 7) is 5.63. The van der Waals surface area contributed by atoms with Crippen molar-refractivity contribution in [2.45, 2.75) is 39.5 Å². The lowest BCUT2D eigenvalue weighted by molar-refractivity contribution is -0.115. The highest BCUT2D eigenvalue weighted by molar-refractivity contribution is 5.99. The van der Waals surface area contributed by atoms with E-state index in [9.17, 15) is 4.79 Å². The van der Waals surface area contributed by atoms with Gasteiger partial charge in [-0.1, -0.05) is 0 Å². The molecular formula is C10H18N2O. The molecule has 1 saturated heterocycles. The molecule has 0 amide bonds. The molecule has 74 valence electrons. The van der Waals surface area contributed by atoms with Crippen LogP contribution in [0, 0.1) is 0 Å². The molecule has 1 heterocycles. The Morgan fingerprint density at radius 3 is 2.38 bits per heavy atom. The van der Waals surface area contributed by atoms with Crippen molar-refractivity contribution < 1.29 is 4.79 Å². The molecule has 0 spiro atoms. The number of carbonyl (C=O) groups excluding carboxylic acids is 1. The molecule has 0 N–H and O–H groups in total. The topological polar surface area (TPSA) is 32.7 Å². The molecule has 0 bridgehead atoms. The van der Waals surface area contributed by atoms with E-state index in [0.717, 1.165) is 18.8 Å². The fourth-order valence-electron chi connectivity index (χ4n) is 1.61. The number of ketones is 1. The third kappa shape index (κ3) is 4.06. The van der Waals surface area contributed by atoms with E-state index in [1.807, 2.05) is 6.92 Å². The zero-order valence-electron chi connectivity index (χ0n) is 8.55. The number of hydrogen-bond acceptors (Lipinski definition) is 3. The lowest BCUT2D eigenvalue weighted by atomic mass is 10.2. The van der Waals surface area contributed by atoms with Crippen molar-refractivity contribution in [3.8, 4) is 0 Å². The van der Waals surface area contributed by atoms with Crippen molar-refractivity contribution in [1.29, 1.82) is 0 Å². The summed E-state index contributed by atoms with van der Waals surface area (Å²) in [6, 6.07) is 0. The Labute approximate surface area is 79.8 Å². The summed E-state index contributed by atoms with van der Waals surface area (Å²) in [5.74, 6) is 0.193. The molecule has 13 heavy (non-hydrogen) atoms. The van der Waals surface area contributed by atoms with Crippen molar-refractivity contribution in [3.63, 3.8) is 0 Å². The Balaban J connectivity index is 2.38. The maximum absolute atomic E-state index is 10.8. The minimum Gasteiger partial charge on any atom is -0.300 e. The van der Waals surface area contributed by atoms with Crippen LogP contribution in [0.2, 0.25) is 0 Å². The van der Waals surface area contributed by atoms with Gasteiger partial charge in [0.05, 0.1) is 0 Å². The number of carbonyl (C=O) groups is 1. The number of hydrogen-bond donors (Lipinski definition) is 0. The second-order valence-corrected chi connectivity index (χ2v) is 3.73. The van der Waals surface area contributed by atoms with Crippen LogP contribution in [-0.2, 0) is 4.79 Å². The lowest BCUT2D eigenvalue weighted by Gasteiger charge is -2.24. The highest BCUT2D eigenvalue weighted by atomic mass is 16.1. The van der Waals surface area contributed by atoms with Crippen LogP contribution < -0.4 is 0 Å². The van der Waals surface area contributed by atoms with Gasteiger partial charge in [0.1, 0.15) is 5.78 Å². The second-order valence-electron chi connectivity index (χ2n) is 3.73. The van der Waals surface area contributed by atoms with Gasteiger partial charge in [-0.05, 0) is 33.1 Å². The molecule has 0 aromatic carbocycles. The number of nitrogens with zero attached hydrogens (tertiary/aromatic N) is 2. The van der Waals surface area contributed by atoms with Crippen LogP contribution in [0.1, 0.15) is 39.5 Å². The van der Waals surface area contributed by atoms with E-state index in [4.69, 9.17) is 0 Å². The van der Waals surface area contributed by atoms with Crippen LogP contribution in [0.15, 0.2) is 5.10 Å². The van der Waals surface area contributed by atoms with Crippen LogP contribution in [0.25, 0.3) is 0 Å². The number of piperidine rings is 1. The lowest BCUT2D eigenvalue weighted by Crippen LogP contribution is -2.25. The monoisotopic (exact) mass is 182 g/mol. The standard InChI is InChI=1S/C10H18N2O/c1-9(8-10(2)13)11-12-6-4-3-5-7-12/h3-8H2,1-2H3/b11-9+. The van der Waals surface area contributed by atoms with Crippen molar-refractivity contribution in [2.24, 2.45) is 5.10 Å². The molecule has 3 heteroatoms. The maximum Gasteiger partial charge on any atom is 0.135 e. The Morgan fingerprint density at radius 2 is 1.85 bits per heavy atom. The van der Waals surface area contributed by atoms with Gasteiger partial charge in [-0.2, -0.15) is 5.10 Å². The summed E-state index contributed by atoms with van der Waals surface area (Å²) < 4.78 is 0. The average molecular weight is 182 g/mol. The smallest absolute Gasteiger partial charge is 0.135 e. The van der Waals surface area contributed by atoms with Crippen LogP contribution in [0.4, 0.5) is 0 Å². The summed E-state index contributed by atoms with van der Waals surface area (Å²) in [6.07, 6.45) is 4.28. The maximum atomic E-state index is 10.8. The molecule has 1 aliphatic rings. The minimum absolute atomic E-state index is 0.193. The zero-order valence-corrected chi connectivity index (χ0v) is 8.55. The summed E-state index contributed by atoms with van der Waals surface area (Å²) >= 11 is 0. The quantitative estimate of drug-likeness (QED) is 0.624. The highest BCUT2D eigenvalue weighted by Gasteiger charge is 2.07. The Morgan fingerprint density at radius 1 is 1.23 bits per heavy atom. The average Bonchev–Trinajstić information content (AvgIpc) is 2.04. The van der Waals surface area contributed by atoms with E-state index in [1.165, 1.54) is 19.3 Å². The first-order valence-electron chi connectivity index (χ1n) is 4.97. The van der Waals surface area contributed by atoms with E-state index in [2.05, 4.69) is 10.1 Å². The van der Waals surface area contributed by atoms with Gasteiger partial charge in [0.25, 0.3) is 0 Å². The van der Waals surface area contributed by atoms with Gasteiger partial charge in [0, 0.05) is 25.2 Å². The molecule has 0 aromatic rings. The third-order valence-corrected chi connectivity index (χ3v) is 2.15. The molecule has 0 aliphatic carbocycles. The van der Waals surface area contributed by atoms with Crippen LogP contribution in [0.5, 0.6) is 0 Å². The second kappa shape index (κ2) is 5.00. The first-order valence-corrected chi connectivity index (χ1v) is 4.97. The van der Waals surface area contributed by atoms with E-state index in [-0.39, 0.29) is 5.78 Å². The highest BCUT2D eigenvalue weighted by Crippen LogP contribution is 2.09. The largest absolute Gasteiger partial charge is 0.300 e. The molecular weight excluding hydrogens is 164 g/mol. The van der Waals surface area contributed by atoms with Gasteiger partial charge in [0.2, 0.25) is 0 Å². The molecule has 1 aliphatic heterocycles. The zero-order chi connectivity index (χ0) is 9.68. The summed E-state index contributed by atoms with van der Waals surface area (Å²) in [4.78, 5) is 10.8. The van der Waals surface area contributed by atoms with Crippen molar-refractivity contribution in [3.05, 3.63) is 0 Å². The SMILES string of the molecule is CC(=O)C/C(C)=N/N1CCCCC1. The van der Waals surface area contributed by atoms with Gasteiger partial charge < -0.3 is 0 Å². The number of hydrazone groups is 1. The van der Waals surface area contributed by atoms with Crippen molar-refractivity contribution in [2.75, 3.05) is 13.1 Å². The molecule has 0 unspecified atom stereocenters. The molecule has 1 rings (SSSR count). The van der Waals surface area contributed by atoms with Gasteiger partial charge in [-0.25, -0.2) is 0 Å². The molecule has 3 nitrogen and oxygen atoms in total. The van der Waals surface area contributed by atoms with Gasteiger partial charge in [-0.15, -0.1) is 0 Å². The van der Waals surface area contributed by atoms with Gasteiger partial charge in [-0.3, -0.25) is 9.80 Å². The van der Waals surface area contributed by atoms with E-state index in [1.54, 1.807) is 6.92 Å². The number of rotatable bonds is 3. The Hall–Kier alpha value is -0.860. The Bertz CT molecular complexity index is 205. The first kappa shape index (κ1) is 10.2. The van der Waals surface area contributed by atoms with E-state index >= 15 is 0 Å². The van der Waals surface area contributed by atoms with Crippen molar-refractivity contribution >= 4 is 11.5 Å². The van der Waals surface area contributed by atoms with Crippen LogP contribution >= 0.6 is 0 Å². The molecule has 0 atom stereocenters. The van der Waals surface area contributed by atoms with Gasteiger partial charge in [0.15, 0.2) is 0 Å². The molecule has 0 saturated carbocycles. The fraction of sp³-hybridized carbons (Fsp3) is 0.800. The predicted octanol–water partition coefficient (Wildman–Crippen LogP) is 1.83. The minimum atomic E-state index is 0.193. The Kier molecular flexibility index (Phi) is 3.93. The van der Waals surface area contributed by atoms with Gasteiger partial charge >= 0.3 is 0 Å². The molecule has 1 fully saturated rings.